The molecule has 0 saturated heterocycles. The molecule has 92 valence electrons. The lowest BCUT2D eigenvalue weighted by molar-refractivity contribution is -0.134. The summed E-state index contributed by atoms with van der Waals surface area (Å²) in [4.78, 5) is 10.6. The van der Waals surface area contributed by atoms with Gasteiger partial charge in [0.2, 0.25) is 5.83 Å². The van der Waals surface area contributed by atoms with Crippen LogP contribution in [-0.4, -0.2) is 25.3 Å². The Morgan fingerprint density at radius 3 is 2.41 bits per heavy atom. The lowest BCUT2D eigenvalue weighted by atomic mass is 10.0. The highest BCUT2D eigenvalue weighted by Gasteiger charge is 2.16. The Labute approximate surface area is 98.3 Å². The maximum Gasteiger partial charge on any atom is 0.365 e. The average molecular weight is 240 g/mol. The van der Waals surface area contributed by atoms with Gasteiger partial charge in [-0.2, -0.15) is 4.39 Å². The van der Waals surface area contributed by atoms with Gasteiger partial charge in [-0.05, 0) is 25.1 Å². The summed E-state index contributed by atoms with van der Waals surface area (Å²) < 4.78 is 23.4. The summed E-state index contributed by atoms with van der Waals surface area (Å²) >= 11 is 0. The van der Waals surface area contributed by atoms with Crippen molar-refractivity contribution in [2.75, 3.05) is 14.2 Å². The van der Waals surface area contributed by atoms with Crippen LogP contribution >= 0.6 is 0 Å². The molecule has 0 unspecified atom stereocenters. The van der Waals surface area contributed by atoms with Gasteiger partial charge in [0.1, 0.15) is 11.5 Å². The van der Waals surface area contributed by atoms with Gasteiger partial charge in [-0.1, -0.05) is 0 Å². The summed E-state index contributed by atoms with van der Waals surface area (Å²) in [6.45, 7) is 1.38. The molecule has 0 aliphatic heterocycles. The maximum absolute atomic E-state index is 13.3. The van der Waals surface area contributed by atoms with Crippen molar-refractivity contribution in [3.05, 3.63) is 29.6 Å². The average Bonchev–Trinajstić information content (AvgIpc) is 2.35. The summed E-state index contributed by atoms with van der Waals surface area (Å²) in [7, 11) is 2.90. The van der Waals surface area contributed by atoms with Gasteiger partial charge in [-0.15, -0.1) is 0 Å². The number of carboxylic acids is 1. The lowest BCUT2D eigenvalue weighted by Gasteiger charge is -2.10. The molecule has 1 N–H and O–H groups in total. The molecule has 0 aliphatic rings. The molecule has 1 aromatic rings. The van der Waals surface area contributed by atoms with Gasteiger partial charge in [0.15, 0.2) is 0 Å². The largest absolute Gasteiger partial charge is 0.497 e. The van der Waals surface area contributed by atoms with Crippen molar-refractivity contribution in [1.82, 2.24) is 0 Å². The van der Waals surface area contributed by atoms with Crippen molar-refractivity contribution in [3.63, 3.8) is 0 Å². The molecule has 0 fully saturated rings. The minimum absolute atomic E-state index is 0.00625. The highest BCUT2D eigenvalue weighted by molar-refractivity contribution is 5.94. The van der Waals surface area contributed by atoms with Crippen LogP contribution in [0.1, 0.15) is 12.5 Å². The van der Waals surface area contributed by atoms with E-state index in [-0.39, 0.29) is 5.57 Å². The summed E-state index contributed by atoms with van der Waals surface area (Å²) in [6.07, 6.45) is 0. The first kappa shape index (κ1) is 13.0. The van der Waals surface area contributed by atoms with Crippen molar-refractivity contribution in [2.45, 2.75) is 6.92 Å². The number of hydrogen-bond donors (Lipinski definition) is 1. The van der Waals surface area contributed by atoms with Gasteiger partial charge in [0, 0.05) is 11.1 Å². The summed E-state index contributed by atoms with van der Waals surface area (Å²) in [5, 5.41) is 8.60. The quantitative estimate of drug-likeness (QED) is 0.821. The highest BCUT2D eigenvalue weighted by Crippen LogP contribution is 2.31. The Kier molecular flexibility index (Phi) is 4.09. The third-order valence-electron chi connectivity index (χ3n) is 2.33. The zero-order chi connectivity index (χ0) is 13.0. The Morgan fingerprint density at radius 1 is 1.29 bits per heavy atom. The third-order valence-corrected chi connectivity index (χ3v) is 2.33. The highest BCUT2D eigenvalue weighted by atomic mass is 19.1. The molecule has 0 radical (unpaired) electrons. The predicted molar refractivity (Wildman–Crippen MR) is 60.9 cm³/mol. The van der Waals surface area contributed by atoms with E-state index >= 15 is 0 Å². The van der Waals surface area contributed by atoms with Gasteiger partial charge in [-0.3, -0.25) is 0 Å². The summed E-state index contributed by atoms with van der Waals surface area (Å²) in [5.41, 5.74) is 0.347. The molecule has 0 aromatic heterocycles. The topological polar surface area (TPSA) is 55.8 Å². The van der Waals surface area contributed by atoms with E-state index in [9.17, 15) is 9.18 Å². The molecule has 17 heavy (non-hydrogen) atoms. The molecule has 4 nitrogen and oxygen atoms in total. The van der Waals surface area contributed by atoms with Gasteiger partial charge in [0.05, 0.1) is 14.2 Å². The van der Waals surface area contributed by atoms with E-state index < -0.39 is 11.8 Å². The molecule has 1 aromatic carbocycles. The summed E-state index contributed by atoms with van der Waals surface area (Å²) in [6, 6.07) is 4.76. The molecule has 0 amide bonds. The fraction of sp³-hybridized carbons (Fsp3) is 0.250. The van der Waals surface area contributed by atoms with Crippen molar-refractivity contribution in [2.24, 2.45) is 0 Å². The smallest absolute Gasteiger partial charge is 0.365 e. The van der Waals surface area contributed by atoms with E-state index in [0.717, 1.165) is 0 Å². The Morgan fingerprint density at radius 2 is 1.94 bits per heavy atom. The third kappa shape index (κ3) is 2.75. The van der Waals surface area contributed by atoms with Crippen molar-refractivity contribution < 1.29 is 23.8 Å². The number of hydrogen-bond acceptors (Lipinski definition) is 3. The maximum atomic E-state index is 13.3. The van der Waals surface area contributed by atoms with Crippen molar-refractivity contribution in [1.29, 1.82) is 0 Å². The van der Waals surface area contributed by atoms with Gasteiger partial charge < -0.3 is 14.6 Å². The first-order valence-electron chi connectivity index (χ1n) is 4.83. The second-order valence-corrected chi connectivity index (χ2v) is 3.31. The first-order chi connectivity index (χ1) is 8.01. The molecule has 0 saturated carbocycles. The predicted octanol–water partition coefficient (Wildman–Crippen LogP) is 2.49. The number of carboxylic acid groups (broad SMARTS) is 1. The van der Waals surface area contributed by atoms with Crippen LogP contribution in [0.25, 0.3) is 5.57 Å². The molecule has 0 bridgehead atoms. The van der Waals surface area contributed by atoms with Crippen LogP contribution < -0.4 is 9.47 Å². The van der Waals surface area contributed by atoms with E-state index in [0.29, 0.717) is 17.1 Å². The Balaban J connectivity index is 3.37. The van der Waals surface area contributed by atoms with Crippen LogP contribution in [0.3, 0.4) is 0 Å². The minimum atomic E-state index is -1.60. The lowest BCUT2D eigenvalue weighted by Crippen LogP contribution is -2.00. The number of rotatable bonds is 4. The van der Waals surface area contributed by atoms with E-state index in [4.69, 9.17) is 14.6 Å². The van der Waals surface area contributed by atoms with Crippen LogP contribution in [0.15, 0.2) is 24.0 Å². The second-order valence-electron chi connectivity index (χ2n) is 3.31. The van der Waals surface area contributed by atoms with E-state index in [1.165, 1.54) is 27.2 Å². The normalized spacial score (nSPS) is 11.8. The van der Waals surface area contributed by atoms with E-state index in [1.807, 2.05) is 0 Å². The number of ether oxygens (including phenoxy) is 2. The zero-order valence-electron chi connectivity index (χ0n) is 9.78. The van der Waals surface area contributed by atoms with Crippen LogP contribution in [0, 0.1) is 0 Å². The number of aliphatic carboxylic acids is 1. The van der Waals surface area contributed by atoms with E-state index in [2.05, 4.69) is 0 Å². The number of benzene rings is 1. The van der Waals surface area contributed by atoms with Gasteiger partial charge in [0.25, 0.3) is 0 Å². The van der Waals surface area contributed by atoms with Crippen LogP contribution in [0.5, 0.6) is 11.5 Å². The molecular formula is C12H13FO4. The van der Waals surface area contributed by atoms with Crippen molar-refractivity contribution in [3.8, 4) is 11.5 Å². The Hall–Kier alpha value is -2.04. The zero-order valence-corrected chi connectivity index (χ0v) is 9.78. The fourth-order valence-electron chi connectivity index (χ4n) is 1.39. The van der Waals surface area contributed by atoms with Crippen LogP contribution in [0.4, 0.5) is 4.39 Å². The van der Waals surface area contributed by atoms with Gasteiger partial charge in [-0.25, -0.2) is 4.79 Å². The molecule has 0 aliphatic carbocycles. The molecule has 0 spiro atoms. The number of methoxy groups -OCH3 is 2. The Bertz CT molecular complexity index is 466. The number of halogens is 1. The molecular weight excluding hydrogens is 227 g/mol. The summed E-state index contributed by atoms with van der Waals surface area (Å²) in [5.74, 6) is -1.93. The molecule has 0 atom stereocenters. The second kappa shape index (κ2) is 5.34. The number of carbonyl (C=O) groups is 1. The molecule has 1 rings (SSSR count). The molecule has 0 heterocycles. The van der Waals surface area contributed by atoms with Gasteiger partial charge >= 0.3 is 5.97 Å². The van der Waals surface area contributed by atoms with Crippen molar-refractivity contribution >= 4 is 11.5 Å². The van der Waals surface area contributed by atoms with E-state index in [1.54, 1.807) is 12.1 Å². The SMILES string of the molecule is COc1ccc(OC)c(C(C)=C(F)C(=O)O)c1. The standard InChI is InChI=1S/C12H13FO4/c1-7(11(13)12(14)15)9-6-8(16-2)4-5-10(9)17-3/h4-6H,1-3H3,(H,14,15). The van der Waals surface area contributed by atoms with Crippen LogP contribution in [0.2, 0.25) is 0 Å². The molecule has 5 heteroatoms. The monoisotopic (exact) mass is 240 g/mol. The minimum Gasteiger partial charge on any atom is -0.497 e. The number of allylic oxidation sites excluding steroid dienone is 1. The van der Waals surface area contributed by atoms with Crippen LogP contribution in [-0.2, 0) is 4.79 Å². The first-order valence-corrected chi connectivity index (χ1v) is 4.83. The fourth-order valence-corrected chi connectivity index (χ4v) is 1.39.